The fourth-order valence-electron chi connectivity index (χ4n) is 1.71. The van der Waals surface area contributed by atoms with E-state index in [1.54, 1.807) is 18.2 Å². The van der Waals surface area contributed by atoms with Gasteiger partial charge in [0.15, 0.2) is 9.84 Å². The Balaban J connectivity index is 2.36. The van der Waals surface area contributed by atoms with Crippen LogP contribution in [-0.4, -0.2) is 8.42 Å². The van der Waals surface area contributed by atoms with E-state index < -0.39 is 15.7 Å². The number of benzene rings is 2. The fraction of sp³-hybridized carbons (Fsp3) is 0.0769. The van der Waals surface area contributed by atoms with Gasteiger partial charge in [-0.3, -0.25) is 0 Å². The molecule has 2 aromatic carbocycles. The molecule has 0 heterocycles. The van der Waals surface area contributed by atoms with Crippen molar-refractivity contribution in [2.24, 2.45) is 0 Å². The third-order valence-corrected chi connectivity index (χ3v) is 4.64. The first-order chi connectivity index (χ1) is 8.87. The minimum atomic E-state index is -3.54. The Morgan fingerprint density at radius 2 is 1.89 bits per heavy atom. The summed E-state index contributed by atoms with van der Waals surface area (Å²) in [5.41, 5.74) is 6.32. The van der Waals surface area contributed by atoms with Crippen molar-refractivity contribution in [1.29, 1.82) is 0 Å². The first-order valence-corrected chi connectivity index (χ1v) is 7.85. The molecule has 0 aromatic heterocycles. The molecule has 100 valence electrons. The summed E-state index contributed by atoms with van der Waals surface area (Å²) in [6.45, 7) is 0. The van der Waals surface area contributed by atoms with Crippen molar-refractivity contribution in [3.8, 4) is 0 Å². The van der Waals surface area contributed by atoms with Gasteiger partial charge >= 0.3 is 0 Å². The number of anilines is 1. The van der Waals surface area contributed by atoms with Crippen LogP contribution < -0.4 is 5.73 Å². The minimum absolute atomic E-state index is 0.132. The second-order valence-corrected chi connectivity index (χ2v) is 7.01. The normalized spacial score (nSPS) is 11.5. The van der Waals surface area contributed by atoms with Gasteiger partial charge < -0.3 is 5.73 Å². The van der Waals surface area contributed by atoms with Crippen LogP contribution in [0.15, 0.2) is 51.8 Å². The monoisotopic (exact) mass is 343 g/mol. The van der Waals surface area contributed by atoms with Crippen molar-refractivity contribution >= 4 is 31.5 Å². The Bertz CT molecular complexity index is 696. The first-order valence-electron chi connectivity index (χ1n) is 5.40. The molecule has 2 N–H and O–H groups in total. The minimum Gasteiger partial charge on any atom is -0.399 e. The van der Waals surface area contributed by atoms with E-state index in [1.807, 2.05) is 0 Å². The van der Waals surface area contributed by atoms with Crippen molar-refractivity contribution in [2.75, 3.05) is 5.73 Å². The molecule has 0 aliphatic rings. The molecule has 0 atom stereocenters. The van der Waals surface area contributed by atoms with Crippen LogP contribution in [0.4, 0.5) is 10.1 Å². The lowest BCUT2D eigenvalue weighted by Gasteiger charge is -2.06. The molecule has 3 nitrogen and oxygen atoms in total. The maximum Gasteiger partial charge on any atom is 0.182 e. The summed E-state index contributed by atoms with van der Waals surface area (Å²) in [6.07, 6.45) is 0. The van der Waals surface area contributed by atoms with Crippen LogP contribution in [-0.2, 0) is 15.6 Å². The molecule has 2 aromatic rings. The van der Waals surface area contributed by atoms with Gasteiger partial charge in [0, 0.05) is 10.2 Å². The van der Waals surface area contributed by atoms with E-state index in [0.29, 0.717) is 15.7 Å². The van der Waals surface area contributed by atoms with E-state index >= 15 is 0 Å². The van der Waals surface area contributed by atoms with Gasteiger partial charge in [-0.1, -0.05) is 22.0 Å². The van der Waals surface area contributed by atoms with Crippen molar-refractivity contribution in [2.45, 2.75) is 10.6 Å². The van der Waals surface area contributed by atoms with Gasteiger partial charge in [-0.15, -0.1) is 0 Å². The van der Waals surface area contributed by atoms with Crippen molar-refractivity contribution < 1.29 is 12.8 Å². The molecule has 2 rings (SSSR count). The summed E-state index contributed by atoms with van der Waals surface area (Å²) in [7, 11) is -3.54. The molecule has 0 radical (unpaired) electrons. The van der Waals surface area contributed by atoms with E-state index in [4.69, 9.17) is 5.73 Å². The Morgan fingerprint density at radius 1 is 1.16 bits per heavy atom. The van der Waals surface area contributed by atoms with Crippen LogP contribution in [0.25, 0.3) is 0 Å². The molecule has 0 saturated heterocycles. The Labute approximate surface area is 119 Å². The number of sulfone groups is 1. The van der Waals surface area contributed by atoms with Crippen LogP contribution in [0, 0.1) is 5.82 Å². The van der Waals surface area contributed by atoms with E-state index in [2.05, 4.69) is 15.9 Å². The molecule has 0 saturated carbocycles. The molecular weight excluding hydrogens is 333 g/mol. The molecular formula is C13H11BrFNO2S. The lowest BCUT2D eigenvalue weighted by Crippen LogP contribution is -2.05. The lowest BCUT2D eigenvalue weighted by molar-refractivity contribution is 0.594. The summed E-state index contributed by atoms with van der Waals surface area (Å²) in [5, 5.41) is 0. The quantitative estimate of drug-likeness (QED) is 0.871. The second kappa shape index (κ2) is 5.30. The van der Waals surface area contributed by atoms with Crippen molar-refractivity contribution in [3.63, 3.8) is 0 Å². The number of hydrogen-bond acceptors (Lipinski definition) is 3. The summed E-state index contributed by atoms with van der Waals surface area (Å²) < 4.78 is 38.1. The third kappa shape index (κ3) is 3.54. The fourth-order valence-corrected chi connectivity index (χ4v) is 3.59. The summed E-state index contributed by atoms with van der Waals surface area (Å²) >= 11 is 3.13. The van der Waals surface area contributed by atoms with Crippen LogP contribution in [0.1, 0.15) is 5.56 Å². The Kier molecular flexibility index (Phi) is 3.91. The summed E-state index contributed by atoms with van der Waals surface area (Å²) in [4.78, 5) is 0.132. The average Bonchev–Trinajstić information content (AvgIpc) is 2.26. The Hall–Kier alpha value is -1.40. The highest BCUT2D eigenvalue weighted by Gasteiger charge is 2.16. The predicted molar refractivity (Wildman–Crippen MR) is 75.8 cm³/mol. The van der Waals surface area contributed by atoms with Gasteiger partial charge in [0.25, 0.3) is 0 Å². The number of nitrogen functional groups attached to an aromatic ring is 1. The standard InChI is InChI=1S/C13H11BrFNO2S/c14-10-4-9(5-11(15)6-10)8-19(17,18)13-3-1-2-12(16)7-13/h1-7H,8,16H2. The molecule has 0 aliphatic heterocycles. The zero-order valence-electron chi connectivity index (χ0n) is 9.81. The molecule has 0 aliphatic carbocycles. The van der Waals surface area contributed by atoms with Crippen molar-refractivity contribution in [3.05, 3.63) is 58.3 Å². The molecule has 0 unspecified atom stereocenters. The average molecular weight is 344 g/mol. The molecule has 6 heteroatoms. The second-order valence-electron chi connectivity index (χ2n) is 4.11. The molecule has 0 fully saturated rings. The largest absolute Gasteiger partial charge is 0.399 e. The van der Waals surface area contributed by atoms with Crippen LogP contribution in [0.2, 0.25) is 0 Å². The van der Waals surface area contributed by atoms with Gasteiger partial charge in [-0.05, 0) is 42.0 Å². The van der Waals surface area contributed by atoms with Crippen LogP contribution in [0.5, 0.6) is 0 Å². The first kappa shape index (κ1) is 14.0. The van der Waals surface area contributed by atoms with E-state index in [1.165, 1.54) is 24.3 Å². The number of halogens is 2. The maximum atomic E-state index is 13.2. The van der Waals surface area contributed by atoms with Crippen molar-refractivity contribution in [1.82, 2.24) is 0 Å². The molecule has 0 bridgehead atoms. The number of rotatable bonds is 3. The van der Waals surface area contributed by atoms with E-state index in [-0.39, 0.29) is 10.6 Å². The van der Waals surface area contributed by atoms with Crippen LogP contribution >= 0.6 is 15.9 Å². The highest BCUT2D eigenvalue weighted by atomic mass is 79.9. The molecule has 19 heavy (non-hydrogen) atoms. The number of nitrogens with two attached hydrogens (primary N) is 1. The van der Waals surface area contributed by atoms with Gasteiger partial charge in [0.05, 0.1) is 10.6 Å². The van der Waals surface area contributed by atoms with E-state index in [0.717, 1.165) is 0 Å². The zero-order valence-corrected chi connectivity index (χ0v) is 12.2. The summed E-state index contributed by atoms with van der Waals surface area (Å²) in [5.74, 6) is -0.751. The Morgan fingerprint density at radius 3 is 2.53 bits per heavy atom. The third-order valence-electron chi connectivity index (χ3n) is 2.50. The molecule has 0 amide bonds. The predicted octanol–water partition coefficient (Wildman–Crippen LogP) is 3.14. The number of hydrogen-bond donors (Lipinski definition) is 1. The smallest absolute Gasteiger partial charge is 0.182 e. The molecule has 0 spiro atoms. The summed E-state index contributed by atoms with van der Waals surface area (Å²) in [6, 6.07) is 10.1. The highest BCUT2D eigenvalue weighted by Crippen LogP contribution is 2.21. The van der Waals surface area contributed by atoms with Gasteiger partial charge in [-0.25, -0.2) is 12.8 Å². The topological polar surface area (TPSA) is 60.2 Å². The zero-order chi connectivity index (χ0) is 14.0. The van der Waals surface area contributed by atoms with Gasteiger partial charge in [-0.2, -0.15) is 0 Å². The van der Waals surface area contributed by atoms with Gasteiger partial charge in [0.1, 0.15) is 5.82 Å². The van der Waals surface area contributed by atoms with Gasteiger partial charge in [0.2, 0.25) is 0 Å². The van der Waals surface area contributed by atoms with Crippen LogP contribution in [0.3, 0.4) is 0 Å². The lowest BCUT2D eigenvalue weighted by atomic mass is 10.2. The SMILES string of the molecule is Nc1cccc(S(=O)(=O)Cc2cc(F)cc(Br)c2)c1. The van der Waals surface area contributed by atoms with E-state index in [9.17, 15) is 12.8 Å². The highest BCUT2D eigenvalue weighted by molar-refractivity contribution is 9.10. The maximum absolute atomic E-state index is 13.2.